The molecule has 2 N–H and O–H groups in total. The summed E-state index contributed by atoms with van der Waals surface area (Å²) in [4.78, 5) is 12.9. The summed E-state index contributed by atoms with van der Waals surface area (Å²) in [6.45, 7) is 2.12. The van der Waals surface area contributed by atoms with E-state index in [1.165, 1.54) is 17.0 Å². The second kappa shape index (κ2) is 7.09. The van der Waals surface area contributed by atoms with Crippen molar-refractivity contribution in [1.82, 2.24) is 4.90 Å². The van der Waals surface area contributed by atoms with Crippen molar-refractivity contribution >= 4 is 5.91 Å². The zero-order valence-electron chi connectivity index (χ0n) is 11.6. The van der Waals surface area contributed by atoms with E-state index in [1.807, 2.05) is 6.92 Å². The summed E-state index contributed by atoms with van der Waals surface area (Å²) in [5.41, 5.74) is 6.45. The van der Waals surface area contributed by atoms with Crippen molar-refractivity contribution in [3.63, 3.8) is 0 Å². The normalized spacial score (nSPS) is 12.1. The summed E-state index contributed by atoms with van der Waals surface area (Å²) in [7, 11) is 3.39. The molecule has 0 fully saturated rings. The van der Waals surface area contributed by atoms with Gasteiger partial charge in [0.15, 0.2) is 0 Å². The van der Waals surface area contributed by atoms with E-state index in [2.05, 4.69) is 0 Å². The average molecular weight is 268 g/mol. The van der Waals surface area contributed by atoms with Crippen LogP contribution in [0.15, 0.2) is 18.2 Å². The lowest BCUT2D eigenvalue weighted by Gasteiger charge is -2.14. The number of nitrogens with two attached hydrogens (primary N) is 1. The molecule has 1 aromatic carbocycles. The Bertz CT molecular complexity index is 433. The van der Waals surface area contributed by atoms with Crippen LogP contribution in [0.25, 0.3) is 0 Å². The van der Waals surface area contributed by atoms with E-state index in [0.29, 0.717) is 18.6 Å². The smallest absolute Gasteiger partial charge is 0.225 e. The van der Waals surface area contributed by atoms with Gasteiger partial charge >= 0.3 is 0 Å². The van der Waals surface area contributed by atoms with Gasteiger partial charge in [-0.25, -0.2) is 4.39 Å². The fourth-order valence-electron chi connectivity index (χ4n) is 1.67. The molecule has 0 spiro atoms. The first-order valence-corrected chi connectivity index (χ1v) is 6.27. The molecule has 1 atom stereocenters. The van der Waals surface area contributed by atoms with Crippen molar-refractivity contribution < 1.29 is 13.9 Å². The maximum absolute atomic E-state index is 13.2. The number of hydrogen-bond donors (Lipinski definition) is 1. The standard InChI is InChI=1S/C14H21FN2O2/c1-10(16)8-11-9-12(15)4-5-13(11)19-7-6-14(18)17(2)3/h4-5,9-10H,6-8,16H2,1-3H3. The Hall–Kier alpha value is -1.62. The Labute approximate surface area is 113 Å². The number of rotatable bonds is 6. The van der Waals surface area contributed by atoms with Crippen LogP contribution in [0.2, 0.25) is 0 Å². The first kappa shape index (κ1) is 15.4. The van der Waals surface area contributed by atoms with Gasteiger partial charge in [0.1, 0.15) is 11.6 Å². The minimum atomic E-state index is -0.313. The van der Waals surface area contributed by atoms with Crippen LogP contribution in [0.1, 0.15) is 18.9 Å². The highest BCUT2D eigenvalue weighted by molar-refractivity contribution is 5.75. The summed E-state index contributed by atoms with van der Waals surface area (Å²) in [5, 5.41) is 0. The van der Waals surface area contributed by atoms with Crippen LogP contribution < -0.4 is 10.5 Å². The average Bonchev–Trinajstić information content (AvgIpc) is 2.30. The molecule has 4 nitrogen and oxygen atoms in total. The summed E-state index contributed by atoms with van der Waals surface area (Å²) in [5.74, 6) is 0.272. The van der Waals surface area contributed by atoms with Gasteiger partial charge in [0, 0.05) is 20.1 Å². The number of hydrogen-bond acceptors (Lipinski definition) is 3. The van der Waals surface area contributed by atoms with E-state index >= 15 is 0 Å². The molecular weight excluding hydrogens is 247 g/mol. The first-order chi connectivity index (χ1) is 8.90. The summed E-state index contributed by atoms with van der Waals surface area (Å²) >= 11 is 0. The predicted molar refractivity (Wildman–Crippen MR) is 72.6 cm³/mol. The Morgan fingerprint density at radius 3 is 2.74 bits per heavy atom. The second-order valence-corrected chi connectivity index (χ2v) is 4.82. The van der Waals surface area contributed by atoms with Crippen molar-refractivity contribution in [1.29, 1.82) is 0 Å². The Kier molecular flexibility index (Phi) is 5.76. The maximum atomic E-state index is 13.2. The second-order valence-electron chi connectivity index (χ2n) is 4.82. The highest BCUT2D eigenvalue weighted by Gasteiger charge is 2.09. The van der Waals surface area contributed by atoms with Gasteiger partial charge in [-0.1, -0.05) is 0 Å². The third-order valence-electron chi connectivity index (χ3n) is 2.64. The summed E-state index contributed by atoms with van der Waals surface area (Å²) < 4.78 is 18.7. The zero-order valence-corrected chi connectivity index (χ0v) is 11.6. The largest absolute Gasteiger partial charge is 0.493 e. The minimum absolute atomic E-state index is 0.00384. The minimum Gasteiger partial charge on any atom is -0.493 e. The Morgan fingerprint density at radius 1 is 1.47 bits per heavy atom. The summed E-state index contributed by atoms with van der Waals surface area (Å²) in [6, 6.07) is 4.26. The molecule has 0 aromatic heterocycles. The molecule has 0 saturated carbocycles. The molecule has 1 amide bonds. The quantitative estimate of drug-likeness (QED) is 0.852. The molecule has 0 saturated heterocycles. The van der Waals surface area contributed by atoms with Gasteiger partial charge < -0.3 is 15.4 Å². The fraction of sp³-hybridized carbons (Fsp3) is 0.500. The molecule has 0 heterocycles. The number of nitrogens with zero attached hydrogens (tertiary/aromatic N) is 1. The van der Waals surface area contributed by atoms with E-state index in [9.17, 15) is 9.18 Å². The van der Waals surface area contributed by atoms with Crippen LogP contribution in [-0.4, -0.2) is 37.6 Å². The zero-order chi connectivity index (χ0) is 14.4. The van der Waals surface area contributed by atoms with Crippen molar-refractivity contribution in [2.45, 2.75) is 25.8 Å². The number of carbonyl (C=O) groups excluding carboxylic acids is 1. The number of ether oxygens (including phenoxy) is 1. The van der Waals surface area contributed by atoms with E-state index in [1.54, 1.807) is 20.2 Å². The van der Waals surface area contributed by atoms with Gasteiger partial charge in [-0.2, -0.15) is 0 Å². The van der Waals surface area contributed by atoms with Crippen LogP contribution in [0.4, 0.5) is 4.39 Å². The van der Waals surface area contributed by atoms with Crippen LogP contribution in [0.5, 0.6) is 5.75 Å². The maximum Gasteiger partial charge on any atom is 0.225 e. The van der Waals surface area contributed by atoms with Crippen LogP contribution in [0.3, 0.4) is 0 Å². The molecule has 0 aliphatic carbocycles. The highest BCUT2D eigenvalue weighted by Crippen LogP contribution is 2.21. The molecular formula is C14H21FN2O2. The number of benzene rings is 1. The molecule has 0 bridgehead atoms. The lowest BCUT2D eigenvalue weighted by atomic mass is 10.1. The van der Waals surface area contributed by atoms with Gasteiger partial charge in [-0.15, -0.1) is 0 Å². The molecule has 1 unspecified atom stereocenters. The van der Waals surface area contributed by atoms with Gasteiger partial charge in [-0.3, -0.25) is 4.79 Å². The monoisotopic (exact) mass is 268 g/mol. The molecule has 1 rings (SSSR count). The SMILES string of the molecule is CC(N)Cc1cc(F)ccc1OCCC(=O)N(C)C. The highest BCUT2D eigenvalue weighted by atomic mass is 19.1. The predicted octanol–water partition coefficient (Wildman–Crippen LogP) is 1.57. The van der Waals surface area contributed by atoms with Crippen molar-refractivity contribution in [2.24, 2.45) is 5.73 Å². The fourth-order valence-corrected chi connectivity index (χ4v) is 1.67. The molecule has 0 radical (unpaired) electrons. The van der Waals surface area contributed by atoms with Crippen molar-refractivity contribution in [3.8, 4) is 5.75 Å². The van der Waals surface area contributed by atoms with E-state index < -0.39 is 0 Å². The van der Waals surface area contributed by atoms with E-state index in [4.69, 9.17) is 10.5 Å². The first-order valence-electron chi connectivity index (χ1n) is 6.27. The molecule has 0 aliphatic rings. The number of amides is 1. The van der Waals surface area contributed by atoms with Gasteiger partial charge in [0.25, 0.3) is 0 Å². The molecule has 106 valence electrons. The van der Waals surface area contributed by atoms with Gasteiger partial charge in [-0.05, 0) is 37.1 Å². The van der Waals surface area contributed by atoms with Crippen LogP contribution in [0, 0.1) is 5.82 Å². The van der Waals surface area contributed by atoms with Crippen LogP contribution in [-0.2, 0) is 11.2 Å². The van der Waals surface area contributed by atoms with E-state index in [0.717, 1.165) is 5.56 Å². The topological polar surface area (TPSA) is 55.6 Å². The van der Waals surface area contributed by atoms with Gasteiger partial charge in [0.2, 0.25) is 5.91 Å². The molecule has 5 heteroatoms. The molecule has 1 aromatic rings. The Balaban J connectivity index is 2.64. The Morgan fingerprint density at radius 2 is 2.16 bits per heavy atom. The molecule has 0 aliphatic heterocycles. The van der Waals surface area contributed by atoms with Gasteiger partial charge in [0.05, 0.1) is 13.0 Å². The third-order valence-corrected chi connectivity index (χ3v) is 2.64. The molecule has 19 heavy (non-hydrogen) atoms. The van der Waals surface area contributed by atoms with Crippen LogP contribution >= 0.6 is 0 Å². The lowest BCUT2D eigenvalue weighted by Crippen LogP contribution is -2.23. The third kappa shape index (κ3) is 5.26. The number of halogens is 1. The summed E-state index contributed by atoms with van der Waals surface area (Å²) in [6.07, 6.45) is 0.830. The van der Waals surface area contributed by atoms with Crippen molar-refractivity contribution in [3.05, 3.63) is 29.6 Å². The lowest BCUT2D eigenvalue weighted by molar-refractivity contribution is -0.129. The number of carbonyl (C=O) groups is 1. The van der Waals surface area contributed by atoms with E-state index in [-0.39, 0.29) is 24.4 Å². The van der Waals surface area contributed by atoms with Crippen molar-refractivity contribution in [2.75, 3.05) is 20.7 Å².